The monoisotopic (exact) mass is 216 g/mol. The van der Waals surface area contributed by atoms with Crippen LogP contribution in [-0.4, -0.2) is 5.97 Å². The van der Waals surface area contributed by atoms with Gasteiger partial charge in [-0.1, -0.05) is 17.7 Å². The van der Waals surface area contributed by atoms with E-state index >= 15 is 0 Å². The molecule has 0 spiro atoms. The molecule has 0 atom stereocenters. The van der Waals surface area contributed by atoms with Crippen LogP contribution in [0.4, 0.5) is 0 Å². The Morgan fingerprint density at radius 3 is 2.56 bits per heavy atom. The van der Waals surface area contributed by atoms with Crippen molar-refractivity contribution in [2.24, 2.45) is 0 Å². The highest BCUT2D eigenvalue weighted by atomic mass is 16.5. The number of benzene rings is 1. The van der Waals surface area contributed by atoms with Crippen LogP contribution in [-0.2, 0) is 4.74 Å². The van der Waals surface area contributed by atoms with E-state index in [1.807, 2.05) is 25.1 Å². The van der Waals surface area contributed by atoms with E-state index in [-0.39, 0.29) is 5.97 Å². The smallest absolute Gasteiger partial charge is 0.343 e. The van der Waals surface area contributed by atoms with Crippen LogP contribution < -0.4 is 0 Å². The summed E-state index contributed by atoms with van der Waals surface area (Å²) in [4.78, 5) is 11.8. The topological polar surface area (TPSA) is 26.3 Å². The maximum absolute atomic E-state index is 11.8. The second kappa shape index (κ2) is 4.97. The Bertz CT molecular complexity index is 401. The molecule has 16 heavy (non-hydrogen) atoms. The molecule has 0 aliphatic heterocycles. The molecule has 0 saturated heterocycles. The number of carbonyl (C=O) groups excluding carboxylic acids is 1. The van der Waals surface area contributed by atoms with Crippen LogP contribution in [0.3, 0.4) is 0 Å². The molecule has 2 heteroatoms. The van der Waals surface area contributed by atoms with Gasteiger partial charge in [-0.2, -0.15) is 0 Å². The minimum Gasteiger partial charge on any atom is -0.428 e. The Morgan fingerprint density at radius 2 is 1.94 bits per heavy atom. The predicted octanol–water partition coefficient (Wildman–Crippen LogP) is 3.61. The van der Waals surface area contributed by atoms with Gasteiger partial charge in [0.15, 0.2) is 0 Å². The van der Waals surface area contributed by atoms with Crippen molar-refractivity contribution in [3.63, 3.8) is 0 Å². The summed E-state index contributed by atoms with van der Waals surface area (Å²) in [5, 5.41) is 0. The molecule has 0 radical (unpaired) electrons. The Morgan fingerprint density at radius 1 is 1.19 bits per heavy atom. The summed E-state index contributed by atoms with van der Waals surface area (Å²) >= 11 is 0. The van der Waals surface area contributed by atoms with Crippen molar-refractivity contribution in [3.8, 4) is 0 Å². The highest BCUT2D eigenvalue weighted by molar-refractivity contribution is 5.90. The van der Waals surface area contributed by atoms with E-state index in [4.69, 9.17) is 4.74 Å². The molecule has 0 unspecified atom stereocenters. The van der Waals surface area contributed by atoms with Crippen molar-refractivity contribution < 1.29 is 9.53 Å². The van der Waals surface area contributed by atoms with Gasteiger partial charge in [-0.3, -0.25) is 0 Å². The first kappa shape index (κ1) is 10.9. The molecule has 0 fully saturated rings. The summed E-state index contributed by atoms with van der Waals surface area (Å²) in [5.41, 5.74) is 1.77. The molecule has 84 valence electrons. The fourth-order valence-corrected chi connectivity index (χ4v) is 1.77. The van der Waals surface area contributed by atoms with E-state index < -0.39 is 0 Å². The fraction of sp³-hybridized carbons (Fsp3) is 0.357. The van der Waals surface area contributed by atoms with Gasteiger partial charge in [0.2, 0.25) is 0 Å². The minimum absolute atomic E-state index is 0.242. The molecule has 0 bridgehead atoms. The second-order valence-electron chi connectivity index (χ2n) is 4.17. The molecular weight excluding hydrogens is 200 g/mol. The molecule has 1 aliphatic rings. The maximum Gasteiger partial charge on any atom is 0.343 e. The fourth-order valence-electron chi connectivity index (χ4n) is 1.77. The summed E-state index contributed by atoms with van der Waals surface area (Å²) in [7, 11) is 0. The number of allylic oxidation sites excluding steroid dienone is 2. The summed E-state index contributed by atoms with van der Waals surface area (Å²) in [6.07, 6.45) is 6.25. The molecule has 0 saturated carbocycles. The van der Waals surface area contributed by atoms with Gasteiger partial charge in [0, 0.05) is 6.42 Å². The molecule has 0 aromatic heterocycles. The maximum atomic E-state index is 11.8. The van der Waals surface area contributed by atoms with E-state index in [9.17, 15) is 4.79 Å². The van der Waals surface area contributed by atoms with Crippen molar-refractivity contribution in [3.05, 3.63) is 47.2 Å². The van der Waals surface area contributed by atoms with Crippen LogP contribution in [0.25, 0.3) is 0 Å². The summed E-state index contributed by atoms with van der Waals surface area (Å²) in [6, 6.07) is 7.46. The van der Waals surface area contributed by atoms with E-state index in [0.29, 0.717) is 5.56 Å². The van der Waals surface area contributed by atoms with Crippen molar-refractivity contribution in [1.29, 1.82) is 0 Å². The summed E-state index contributed by atoms with van der Waals surface area (Å²) in [6.45, 7) is 2.00. The lowest BCUT2D eigenvalue weighted by atomic mass is 10.1. The van der Waals surface area contributed by atoms with Crippen LogP contribution in [0.1, 0.15) is 41.6 Å². The summed E-state index contributed by atoms with van der Waals surface area (Å²) < 4.78 is 5.34. The number of esters is 1. The van der Waals surface area contributed by atoms with Crippen molar-refractivity contribution >= 4 is 5.97 Å². The zero-order valence-electron chi connectivity index (χ0n) is 9.53. The van der Waals surface area contributed by atoms with Gasteiger partial charge in [0.1, 0.15) is 5.76 Å². The number of carbonyl (C=O) groups is 1. The minimum atomic E-state index is -0.242. The average molecular weight is 216 g/mol. The number of ether oxygens (including phenoxy) is 1. The van der Waals surface area contributed by atoms with Gasteiger partial charge < -0.3 is 4.74 Å². The third-order valence-corrected chi connectivity index (χ3v) is 2.76. The predicted molar refractivity (Wildman–Crippen MR) is 63.1 cm³/mol. The largest absolute Gasteiger partial charge is 0.428 e. The van der Waals surface area contributed by atoms with Crippen LogP contribution >= 0.6 is 0 Å². The molecule has 0 amide bonds. The number of rotatable bonds is 2. The molecule has 0 heterocycles. The van der Waals surface area contributed by atoms with Crippen LogP contribution in [0.2, 0.25) is 0 Å². The van der Waals surface area contributed by atoms with E-state index in [2.05, 4.69) is 0 Å². The highest BCUT2D eigenvalue weighted by Crippen LogP contribution is 2.19. The third-order valence-electron chi connectivity index (χ3n) is 2.76. The van der Waals surface area contributed by atoms with Gasteiger partial charge in [-0.15, -0.1) is 0 Å². The molecular formula is C14H16O2. The number of hydrogen-bond acceptors (Lipinski definition) is 2. The SMILES string of the molecule is Cc1ccc(C(=O)OC2=CCCCC2)cc1. The summed E-state index contributed by atoms with van der Waals surface area (Å²) in [5.74, 6) is 0.588. The van der Waals surface area contributed by atoms with Gasteiger partial charge >= 0.3 is 5.97 Å². The quantitative estimate of drug-likeness (QED) is 0.706. The molecule has 0 N–H and O–H groups in total. The Hall–Kier alpha value is -1.57. The molecule has 1 aliphatic carbocycles. The standard InChI is InChI=1S/C14H16O2/c1-11-7-9-12(10-8-11)14(15)16-13-5-3-2-4-6-13/h5,7-10H,2-4,6H2,1H3. The Kier molecular flexibility index (Phi) is 3.40. The normalized spacial score (nSPS) is 15.4. The van der Waals surface area contributed by atoms with E-state index in [1.54, 1.807) is 12.1 Å². The van der Waals surface area contributed by atoms with E-state index in [1.165, 1.54) is 6.42 Å². The highest BCUT2D eigenvalue weighted by Gasteiger charge is 2.11. The zero-order valence-corrected chi connectivity index (χ0v) is 9.53. The number of aryl methyl sites for hydroxylation is 1. The van der Waals surface area contributed by atoms with Gasteiger partial charge in [0.05, 0.1) is 5.56 Å². The van der Waals surface area contributed by atoms with E-state index in [0.717, 1.165) is 30.6 Å². The first-order chi connectivity index (χ1) is 7.75. The Balaban J connectivity index is 2.02. The van der Waals surface area contributed by atoms with Gasteiger partial charge in [0.25, 0.3) is 0 Å². The Labute approximate surface area is 95.9 Å². The zero-order chi connectivity index (χ0) is 11.4. The lowest BCUT2D eigenvalue weighted by molar-refractivity contribution is 0.0608. The van der Waals surface area contributed by atoms with Crippen LogP contribution in [0, 0.1) is 6.92 Å². The lowest BCUT2D eigenvalue weighted by Crippen LogP contribution is -2.06. The van der Waals surface area contributed by atoms with Gasteiger partial charge in [-0.05, 0) is 44.4 Å². The molecule has 2 rings (SSSR count). The van der Waals surface area contributed by atoms with Crippen molar-refractivity contribution in [2.75, 3.05) is 0 Å². The molecule has 2 nitrogen and oxygen atoms in total. The second-order valence-corrected chi connectivity index (χ2v) is 4.17. The van der Waals surface area contributed by atoms with Crippen LogP contribution in [0.5, 0.6) is 0 Å². The third kappa shape index (κ3) is 2.72. The molecule has 1 aromatic rings. The van der Waals surface area contributed by atoms with Crippen LogP contribution in [0.15, 0.2) is 36.1 Å². The molecule has 1 aromatic carbocycles. The average Bonchev–Trinajstić information content (AvgIpc) is 2.31. The first-order valence-electron chi connectivity index (χ1n) is 5.73. The first-order valence-corrected chi connectivity index (χ1v) is 5.73. The lowest BCUT2D eigenvalue weighted by Gasteiger charge is -2.12. The number of hydrogen-bond donors (Lipinski definition) is 0. The van der Waals surface area contributed by atoms with Crippen molar-refractivity contribution in [2.45, 2.75) is 32.6 Å². The van der Waals surface area contributed by atoms with Crippen molar-refractivity contribution in [1.82, 2.24) is 0 Å². The van der Waals surface area contributed by atoms with Gasteiger partial charge in [-0.25, -0.2) is 4.79 Å².